The number of thiophene rings is 1. The van der Waals surface area contributed by atoms with Crippen molar-refractivity contribution in [1.29, 1.82) is 0 Å². The van der Waals surface area contributed by atoms with E-state index in [0.29, 0.717) is 0 Å². The van der Waals surface area contributed by atoms with Crippen LogP contribution in [0.3, 0.4) is 0 Å². The van der Waals surface area contributed by atoms with E-state index in [2.05, 4.69) is 49.1 Å². The number of nitrogens with zero attached hydrogens (tertiary/aromatic N) is 4. The first-order valence-electron chi connectivity index (χ1n) is 9.21. The number of benzene rings is 1. The van der Waals surface area contributed by atoms with Gasteiger partial charge in [0.2, 0.25) is 5.13 Å². The lowest BCUT2D eigenvalue weighted by Crippen LogP contribution is -2.48. The molecule has 0 atom stereocenters. The molecule has 142 valence electrons. The molecule has 1 aliphatic heterocycles. The van der Waals surface area contributed by atoms with Crippen molar-refractivity contribution in [2.45, 2.75) is 33.1 Å². The van der Waals surface area contributed by atoms with Crippen molar-refractivity contribution >= 4 is 44.0 Å². The van der Waals surface area contributed by atoms with Gasteiger partial charge in [0.25, 0.3) is 5.91 Å². The smallest absolute Gasteiger partial charge is 0.264 e. The fourth-order valence-corrected chi connectivity index (χ4v) is 5.36. The normalized spacial score (nSPS) is 15.6. The second-order valence-corrected chi connectivity index (χ2v) is 9.76. The van der Waals surface area contributed by atoms with Crippen LogP contribution >= 0.6 is 22.9 Å². The van der Waals surface area contributed by atoms with Crippen molar-refractivity contribution in [3.63, 3.8) is 0 Å². The minimum Gasteiger partial charge on any atom is -0.343 e. The van der Waals surface area contributed by atoms with Crippen LogP contribution in [-0.2, 0) is 5.41 Å². The number of carbonyl (C=O) groups excluding carboxylic acids is 1. The van der Waals surface area contributed by atoms with Crippen molar-refractivity contribution in [2.75, 3.05) is 31.1 Å². The van der Waals surface area contributed by atoms with Crippen LogP contribution in [0.4, 0.5) is 5.13 Å². The zero-order chi connectivity index (χ0) is 19.2. The third-order valence-corrected chi connectivity index (χ3v) is 7.00. The van der Waals surface area contributed by atoms with Crippen molar-refractivity contribution in [1.82, 2.24) is 14.3 Å². The van der Waals surface area contributed by atoms with Gasteiger partial charge >= 0.3 is 0 Å². The minimum absolute atomic E-state index is 0.0365. The summed E-state index contributed by atoms with van der Waals surface area (Å²) in [5.41, 5.74) is 1.06. The molecule has 0 aliphatic carbocycles. The highest BCUT2D eigenvalue weighted by molar-refractivity contribution is 7.21. The molecule has 0 bridgehead atoms. The van der Waals surface area contributed by atoms with E-state index < -0.39 is 0 Å². The van der Waals surface area contributed by atoms with Crippen molar-refractivity contribution < 1.29 is 4.79 Å². The molecule has 1 amide bonds. The van der Waals surface area contributed by atoms with Gasteiger partial charge in [-0.2, -0.15) is 4.37 Å². The van der Waals surface area contributed by atoms with Gasteiger partial charge in [0.05, 0.1) is 4.88 Å². The summed E-state index contributed by atoms with van der Waals surface area (Å²) in [5, 5.41) is 2.15. The van der Waals surface area contributed by atoms with E-state index in [1.165, 1.54) is 21.6 Å². The number of aromatic nitrogens is 2. The number of amides is 1. The number of rotatable bonds is 2. The number of aryl methyl sites for hydroxylation is 1. The second-order valence-electron chi connectivity index (χ2n) is 7.98. The molecule has 5 nitrogen and oxygen atoms in total. The predicted octanol–water partition coefficient (Wildman–Crippen LogP) is 4.32. The molecular formula is C20H24N4OS2. The number of anilines is 1. The highest BCUT2D eigenvalue weighted by Crippen LogP contribution is 2.32. The Hall–Kier alpha value is -1.99. The summed E-state index contributed by atoms with van der Waals surface area (Å²) in [7, 11) is 0. The van der Waals surface area contributed by atoms with Crippen LogP contribution in [0.2, 0.25) is 0 Å². The van der Waals surface area contributed by atoms with Gasteiger partial charge in [0.1, 0.15) is 5.82 Å². The molecule has 1 saturated heterocycles. The summed E-state index contributed by atoms with van der Waals surface area (Å²) in [6, 6.07) is 8.24. The summed E-state index contributed by atoms with van der Waals surface area (Å²) < 4.78 is 5.69. The Kier molecular flexibility index (Phi) is 4.68. The Bertz CT molecular complexity index is 977. The van der Waals surface area contributed by atoms with E-state index in [1.54, 1.807) is 11.3 Å². The predicted molar refractivity (Wildman–Crippen MR) is 113 cm³/mol. The quantitative estimate of drug-likeness (QED) is 0.643. The maximum atomic E-state index is 13.1. The number of hydrogen-bond donors (Lipinski definition) is 0. The molecule has 7 heteroatoms. The summed E-state index contributed by atoms with van der Waals surface area (Å²) in [6.07, 6.45) is 0. The third kappa shape index (κ3) is 3.46. The van der Waals surface area contributed by atoms with E-state index in [0.717, 1.165) is 47.6 Å². The molecule has 0 radical (unpaired) electrons. The first-order chi connectivity index (χ1) is 12.8. The van der Waals surface area contributed by atoms with Crippen molar-refractivity contribution in [3.8, 4) is 0 Å². The Labute approximate surface area is 167 Å². The molecule has 1 fully saturated rings. The van der Waals surface area contributed by atoms with Crippen LogP contribution in [-0.4, -0.2) is 46.3 Å². The maximum absolute atomic E-state index is 13.1. The largest absolute Gasteiger partial charge is 0.343 e. The van der Waals surface area contributed by atoms with Gasteiger partial charge < -0.3 is 9.80 Å². The van der Waals surface area contributed by atoms with Crippen molar-refractivity contribution in [3.05, 3.63) is 40.5 Å². The van der Waals surface area contributed by atoms with Gasteiger partial charge in [0.15, 0.2) is 0 Å². The van der Waals surface area contributed by atoms with Crippen LogP contribution in [0.1, 0.15) is 41.8 Å². The number of carbonyl (C=O) groups is 1. The monoisotopic (exact) mass is 400 g/mol. The first kappa shape index (κ1) is 18.4. The molecule has 27 heavy (non-hydrogen) atoms. The van der Waals surface area contributed by atoms with Crippen LogP contribution in [0.5, 0.6) is 0 Å². The highest BCUT2D eigenvalue weighted by atomic mass is 32.1. The summed E-state index contributed by atoms with van der Waals surface area (Å²) in [4.78, 5) is 22.9. The van der Waals surface area contributed by atoms with Crippen molar-refractivity contribution in [2.24, 2.45) is 0 Å². The van der Waals surface area contributed by atoms with E-state index in [9.17, 15) is 4.79 Å². The van der Waals surface area contributed by atoms with Gasteiger partial charge in [-0.05, 0) is 23.9 Å². The van der Waals surface area contributed by atoms with Crippen LogP contribution in [0, 0.1) is 6.92 Å². The molecule has 0 N–H and O–H groups in total. The molecule has 1 aliphatic rings. The highest BCUT2D eigenvalue weighted by Gasteiger charge is 2.27. The standard InChI is InChI=1S/C20H24N4OS2/c1-13-14-7-5-6-8-15(14)26-16(13)17(25)23-9-11-24(12-10-23)19-21-18(22-27-19)20(2,3)4/h5-8H,9-12H2,1-4H3. The average molecular weight is 401 g/mol. The minimum atomic E-state index is -0.0365. The first-order valence-corrected chi connectivity index (χ1v) is 10.8. The van der Waals surface area contributed by atoms with Gasteiger partial charge in [-0.25, -0.2) is 4.98 Å². The lowest BCUT2D eigenvalue weighted by Gasteiger charge is -2.34. The molecule has 0 spiro atoms. The Morgan fingerprint density at radius 1 is 1.11 bits per heavy atom. The molecule has 1 aromatic carbocycles. The van der Waals surface area contributed by atoms with E-state index >= 15 is 0 Å². The topological polar surface area (TPSA) is 49.3 Å². The number of piperazine rings is 1. The molecule has 0 unspecified atom stereocenters. The molecular weight excluding hydrogens is 376 g/mol. The second kappa shape index (κ2) is 6.87. The lowest BCUT2D eigenvalue weighted by molar-refractivity contribution is 0.0751. The van der Waals surface area contributed by atoms with Gasteiger partial charge in [-0.15, -0.1) is 11.3 Å². The zero-order valence-electron chi connectivity index (χ0n) is 16.2. The lowest BCUT2D eigenvalue weighted by atomic mass is 9.96. The Morgan fingerprint density at radius 2 is 1.81 bits per heavy atom. The maximum Gasteiger partial charge on any atom is 0.264 e. The number of fused-ring (bicyclic) bond motifs is 1. The average Bonchev–Trinajstić information content (AvgIpc) is 3.27. The van der Waals surface area contributed by atoms with Crippen LogP contribution in [0.15, 0.2) is 24.3 Å². The summed E-state index contributed by atoms with van der Waals surface area (Å²) in [5.74, 6) is 1.04. The third-order valence-electron chi connectivity index (χ3n) is 4.96. The molecule has 3 aromatic rings. The molecule has 4 rings (SSSR count). The van der Waals surface area contributed by atoms with Crippen LogP contribution < -0.4 is 4.90 Å². The Balaban J connectivity index is 1.46. The Morgan fingerprint density at radius 3 is 2.44 bits per heavy atom. The fraction of sp³-hybridized carbons (Fsp3) is 0.450. The van der Waals surface area contributed by atoms with E-state index in [4.69, 9.17) is 4.98 Å². The number of hydrogen-bond acceptors (Lipinski definition) is 6. The summed E-state index contributed by atoms with van der Waals surface area (Å²) in [6.45, 7) is 11.5. The van der Waals surface area contributed by atoms with E-state index in [1.807, 2.05) is 17.0 Å². The van der Waals surface area contributed by atoms with Crippen LogP contribution in [0.25, 0.3) is 10.1 Å². The molecule has 2 aromatic heterocycles. The van der Waals surface area contributed by atoms with Gasteiger partial charge in [0, 0.05) is 47.8 Å². The van der Waals surface area contributed by atoms with Gasteiger partial charge in [-0.3, -0.25) is 4.79 Å². The van der Waals surface area contributed by atoms with E-state index in [-0.39, 0.29) is 11.3 Å². The molecule has 0 saturated carbocycles. The molecule has 3 heterocycles. The summed E-state index contributed by atoms with van der Waals surface area (Å²) >= 11 is 3.06. The fourth-order valence-electron chi connectivity index (χ4n) is 3.27. The SMILES string of the molecule is Cc1c(C(=O)N2CCN(c3nc(C(C)(C)C)ns3)CC2)sc2ccccc12. The van der Waals surface area contributed by atoms with Gasteiger partial charge in [-0.1, -0.05) is 39.0 Å². The zero-order valence-corrected chi connectivity index (χ0v) is 17.8.